The van der Waals surface area contributed by atoms with E-state index in [1.807, 2.05) is 26.2 Å². The first-order chi connectivity index (χ1) is 14.5. The van der Waals surface area contributed by atoms with E-state index in [0.29, 0.717) is 34.2 Å². The van der Waals surface area contributed by atoms with E-state index in [4.69, 9.17) is 4.74 Å². The molecule has 0 atom stereocenters. The second-order valence-corrected chi connectivity index (χ2v) is 8.65. The Morgan fingerprint density at radius 2 is 2.00 bits per heavy atom. The molecule has 1 aliphatic heterocycles. The molecule has 0 saturated carbocycles. The molecule has 0 spiro atoms. The number of hydrogen-bond acceptors (Lipinski definition) is 7. The van der Waals surface area contributed by atoms with Crippen molar-refractivity contribution in [3.8, 4) is 17.0 Å². The van der Waals surface area contributed by atoms with Gasteiger partial charge in [-0.25, -0.2) is 18.9 Å². The van der Waals surface area contributed by atoms with E-state index < -0.39 is 0 Å². The van der Waals surface area contributed by atoms with Crippen molar-refractivity contribution < 1.29 is 9.13 Å². The summed E-state index contributed by atoms with van der Waals surface area (Å²) in [7, 11) is 3.65. The molecule has 10 heteroatoms. The number of rotatable bonds is 4. The lowest BCUT2D eigenvalue weighted by Gasteiger charge is -2.31. The summed E-state index contributed by atoms with van der Waals surface area (Å²) < 4.78 is 23.0. The van der Waals surface area contributed by atoms with Crippen molar-refractivity contribution in [2.75, 3.05) is 32.1 Å². The zero-order valence-corrected chi connectivity index (χ0v) is 19.2. The molecule has 3 aromatic heterocycles. The Kier molecular flexibility index (Phi) is 6.00. The maximum Gasteiger partial charge on any atom is 0.196 e. The fourth-order valence-corrected chi connectivity index (χ4v) is 5.03. The summed E-state index contributed by atoms with van der Waals surface area (Å²) >= 11 is 1.52. The van der Waals surface area contributed by atoms with Crippen molar-refractivity contribution in [1.82, 2.24) is 24.9 Å². The number of fused-ring (bicyclic) bond motifs is 2. The van der Waals surface area contributed by atoms with Crippen LogP contribution in [0, 0.1) is 12.7 Å². The van der Waals surface area contributed by atoms with Gasteiger partial charge < -0.3 is 15.0 Å². The fraction of sp³-hybridized carbons (Fsp3) is 0.381. The summed E-state index contributed by atoms with van der Waals surface area (Å²) in [4.78, 5) is 11.2. The van der Waals surface area contributed by atoms with Crippen LogP contribution >= 0.6 is 23.7 Å². The number of piperidine rings is 1. The summed E-state index contributed by atoms with van der Waals surface area (Å²) in [6.07, 6.45) is 3.96. The minimum Gasteiger partial charge on any atom is -0.493 e. The topological polar surface area (TPSA) is 67.6 Å². The molecule has 5 rings (SSSR count). The number of hydrogen-bond donors (Lipinski definition) is 1. The number of aryl methyl sites for hydroxylation is 1. The van der Waals surface area contributed by atoms with Crippen LogP contribution in [0.2, 0.25) is 0 Å². The van der Waals surface area contributed by atoms with Crippen molar-refractivity contribution in [3.63, 3.8) is 0 Å². The van der Waals surface area contributed by atoms with Gasteiger partial charge >= 0.3 is 0 Å². The van der Waals surface area contributed by atoms with E-state index >= 15 is 0 Å². The van der Waals surface area contributed by atoms with Crippen LogP contribution in [-0.4, -0.2) is 52.9 Å². The van der Waals surface area contributed by atoms with Gasteiger partial charge in [-0.2, -0.15) is 5.10 Å². The highest BCUT2D eigenvalue weighted by Gasteiger charge is 2.22. The molecule has 0 aliphatic carbocycles. The third-order valence-electron chi connectivity index (χ3n) is 5.62. The molecule has 4 heterocycles. The Balaban J connectivity index is 0.00000231. The van der Waals surface area contributed by atoms with Gasteiger partial charge in [0, 0.05) is 24.7 Å². The summed E-state index contributed by atoms with van der Waals surface area (Å²) in [5, 5.41) is 8.84. The number of nitrogens with one attached hydrogen (secondary N) is 1. The number of methoxy groups -OCH3 is 1. The summed E-state index contributed by atoms with van der Waals surface area (Å²) in [6.45, 7) is 3.90. The average molecular weight is 463 g/mol. The molecule has 1 saturated heterocycles. The second kappa shape index (κ2) is 8.57. The van der Waals surface area contributed by atoms with Gasteiger partial charge in [0.1, 0.15) is 5.52 Å². The normalized spacial score (nSPS) is 14.7. The summed E-state index contributed by atoms with van der Waals surface area (Å²) in [6, 6.07) is 5.67. The van der Waals surface area contributed by atoms with Crippen LogP contribution < -0.4 is 15.0 Å². The molecule has 1 aromatic carbocycles. The van der Waals surface area contributed by atoms with Crippen LogP contribution in [0.5, 0.6) is 5.75 Å². The van der Waals surface area contributed by atoms with Crippen molar-refractivity contribution >= 4 is 44.7 Å². The molecular weight excluding hydrogens is 439 g/mol. The molecule has 1 N–H and O–H groups in total. The number of nitrogens with zero attached hydrogens (tertiary/aromatic N) is 5. The monoisotopic (exact) mass is 462 g/mol. The molecule has 164 valence electrons. The van der Waals surface area contributed by atoms with Gasteiger partial charge in [-0.05, 0) is 45.0 Å². The Morgan fingerprint density at radius 3 is 2.74 bits per heavy atom. The average Bonchev–Trinajstić information content (AvgIpc) is 3.36. The Bertz CT molecular complexity index is 1240. The number of thiazole rings is 1. The predicted octanol–water partition coefficient (Wildman–Crippen LogP) is 4.07. The standard InChI is InChI=1S/C21H23FN6OS.ClH/c1-12-11-28-20(24-12)17(29-3)10-16(26-28)13-8-15(22)19-18(9-13)30-21(25-19)27(2)14-4-6-23-7-5-14;/h8-11,14,23H,4-7H2,1-3H3;1H. The van der Waals surface area contributed by atoms with Crippen LogP contribution in [0.3, 0.4) is 0 Å². The van der Waals surface area contributed by atoms with E-state index in [2.05, 4.69) is 25.3 Å². The highest BCUT2D eigenvalue weighted by Crippen LogP contribution is 2.35. The van der Waals surface area contributed by atoms with Crippen LogP contribution in [0.25, 0.3) is 27.1 Å². The van der Waals surface area contributed by atoms with Gasteiger partial charge in [0.25, 0.3) is 0 Å². The predicted molar refractivity (Wildman–Crippen MR) is 124 cm³/mol. The number of ether oxygens (including phenoxy) is 1. The SMILES string of the molecule is COc1cc(-c2cc(F)c3nc(N(C)C4CCNCC4)sc3c2)nn2cc(C)nc12.Cl. The van der Waals surface area contributed by atoms with Gasteiger partial charge in [-0.15, -0.1) is 12.4 Å². The third kappa shape index (κ3) is 3.93. The van der Waals surface area contributed by atoms with Gasteiger partial charge in [0.05, 0.1) is 29.4 Å². The highest BCUT2D eigenvalue weighted by molar-refractivity contribution is 7.22. The zero-order chi connectivity index (χ0) is 20.8. The van der Waals surface area contributed by atoms with Crippen LogP contribution in [0.1, 0.15) is 18.5 Å². The van der Waals surface area contributed by atoms with E-state index in [9.17, 15) is 4.39 Å². The molecule has 0 radical (unpaired) electrons. The molecule has 4 aromatic rings. The molecule has 1 aliphatic rings. The van der Waals surface area contributed by atoms with Gasteiger partial charge in [0.2, 0.25) is 0 Å². The van der Waals surface area contributed by atoms with Gasteiger partial charge in [-0.3, -0.25) is 0 Å². The summed E-state index contributed by atoms with van der Waals surface area (Å²) in [5.41, 5.74) is 3.20. The number of aromatic nitrogens is 4. The van der Waals surface area contributed by atoms with Crippen molar-refractivity contribution in [2.24, 2.45) is 0 Å². The largest absolute Gasteiger partial charge is 0.493 e. The Morgan fingerprint density at radius 1 is 1.23 bits per heavy atom. The Labute approximate surface area is 189 Å². The maximum atomic E-state index is 15.0. The minimum absolute atomic E-state index is 0. The minimum atomic E-state index is -0.341. The first kappa shape index (κ1) is 21.7. The lowest BCUT2D eigenvalue weighted by atomic mass is 10.1. The first-order valence-electron chi connectivity index (χ1n) is 9.98. The van der Waals surface area contributed by atoms with Crippen molar-refractivity contribution in [1.29, 1.82) is 0 Å². The summed E-state index contributed by atoms with van der Waals surface area (Å²) in [5.74, 6) is 0.260. The fourth-order valence-electron chi connectivity index (χ4n) is 3.98. The first-order valence-corrected chi connectivity index (χ1v) is 10.8. The lowest BCUT2D eigenvalue weighted by molar-refractivity contribution is 0.416. The maximum absolute atomic E-state index is 15.0. The van der Waals surface area contributed by atoms with Crippen LogP contribution in [-0.2, 0) is 0 Å². The number of anilines is 1. The van der Waals surface area contributed by atoms with E-state index in [1.165, 1.54) is 17.4 Å². The number of benzene rings is 1. The van der Waals surface area contributed by atoms with E-state index in [-0.39, 0.29) is 18.2 Å². The molecule has 0 bridgehead atoms. The van der Waals surface area contributed by atoms with Crippen molar-refractivity contribution in [3.05, 3.63) is 35.9 Å². The molecule has 0 unspecified atom stereocenters. The van der Waals surface area contributed by atoms with Gasteiger partial charge in [-0.1, -0.05) is 11.3 Å². The molecule has 31 heavy (non-hydrogen) atoms. The number of imidazole rings is 1. The third-order valence-corrected chi connectivity index (χ3v) is 6.72. The second-order valence-electron chi connectivity index (χ2n) is 7.64. The zero-order valence-electron chi connectivity index (χ0n) is 17.6. The van der Waals surface area contributed by atoms with Gasteiger partial charge in [0.15, 0.2) is 22.3 Å². The molecule has 1 fully saturated rings. The quantitative estimate of drug-likeness (QED) is 0.493. The van der Waals surface area contributed by atoms with Crippen LogP contribution in [0.4, 0.5) is 9.52 Å². The molecule has 7 nitrogen and oxygen atoms in total. The lowest BCUT2D eigenvalue weighted by Crippen LogP contribution is -2.41. The van der Waals surface area contributed by atoms with E-state index in [0.717, 1.165) is 41.5 Å². The Hall–Kier alpha value is -2.49. The van der Waals surface area contributed by atoms with E-state index in [1.54, 1.807) is 17.7 Å². The highest BCUT2D eigenvalue weighted by atomic mass is 35.5. The number of halogens is 2. The van der Waals surface area contributed by atoms with Crippen LogP contribution in [0.15, 0.2) is 24.4 Å². The van der Waals surface area contributed by atoms with Crippen molar-refractivity contribution in [2.45, 2.75) is 25.8 Å². The molecular formula is C21H24ClFN6OS. The smallest absolute Gasteiger partial charge is 0.196 e. The molecule has 0 amide bonds.